The maximum Gasteiger partial charge on any atom is 0.244 e. The molecule has 1 aromatic carbocycles. The van der Waals surface area contributed by atoms with Gasteiger partial charge in [-0.1, -0.05) is 0 Å². The van der Waals surface area contributed by atoms with E-state index < -0.39 is 16.1 Å². The van der Waals surface area contributed by atoms with Crippen LogP contribution < -0.4 is 14.2 Å². The predicted octanol–water partition coefficient (Wildman–Crippen LogP) is 1.16. The van der Waals surface area contributed by atoms with Crippen molar-refractivity contribution in [2.45, 2.75) is 30.3 Å². The monoisotopic (exact) mass is 359 g/mol. The Kier molecular flexibility index (Phi) is 6.85. The van der Waals surface area contributed by atoms with Crippen LogP contribution in [0.2, 0.25) is 0 Å². The molecule has 0 aromatic heterocycles. The number of aliphatic hydroxyl groups is 1. The van der Waals surface area contributed by atoms with Crippen molar-refractivity contribution in [1.29, 1.82) is 0 Å². The summed E-state index contributed by atoms with van der Waals surface area (Å²) in [6.45, 7) is 1.45. The molecule has 0 spiro atoms. The first-order chi connectivity index (χ1) is 11.5. The molecular formula is C16H25NO6S. The number of methoxy groups -OCH3 is 2. The molecule has 0 unspecified atom stereocenters. The summed E-state index contributed by atoms with van der Waals surface area (Å²) >= 11 is 0. The largest absolute Gasteiger partial charge is 0.497 e. The minimum atomic E-state index is -3.75. The van der Waals surface area contributed by atoms with Crippen LogP contribution in [-0.4, -0.2) is 53.6 Å². The average molecular weight is 359 g/mol. The lowest BCUT2D eigenvalue weighted by molar-refractivity contribution is 0.00567. The van der Waals surface area contributed by atoms with Gasteiger partial charge in [-0.2, -0.15) is 0 Å². The van der Waals surface area contributed by atoms with Crippen LogP contribution in [0.15, 0.2) is 23.1 Å². The molecule has 1 fully saturated rings. The molecule has 1 atom stereocenters. The number of hydrogen-bond acceptors (Lipinski definition) is 6. The lowest BCUT2D eigenvalue weighted by Gasteiger charge is -2.26. The Labute approximate surface area is 143 Å². The van der Waals surface area contributed by atoms with Gasteiger partial charge in [0.2, 0.25) is 10.0 Å². The molecule has 2 N–H and O–H groups in total. The summed E-state index contributed by atoms with van der Waals surface area (Å²) in [4.78, 5) is 0.0184. The van der Waals surface area contributed by atoms with Crippen molar-refractivity contribution in [3.8, 4) is 11.5 Å². The summed E-state index contributed by atoms with van der Waals surface area (Å²) in [6.07, 6.45) is 1.43. The molecule has 0 aliphatic carbocycles. The number of hydrogen-bond donors (Lipinski definition) is 2. The Morgan fingerprint density at radius 3 is 2.62 bits per heavy atom. The molecule has 0 radical (unpaired) electrons. The molecule has 8 heteroatoms. The number of sulfonamides is 1. The second-order valence-corrected chi connectivity index (χ2v) is 7.46. The number of benzene rings is 1. The van der Waals surface area contributed by atoms with Crippen LogP contribution in [0, 0.1) is 5.92 Å². The highest BCUT2D eigenvalue weighted by Crippen LogP contribution is 2.28. The van der Waals surface area contributed by atoms with E-state index in [2.05, 4.69) is 4.72 Å². The highest BCUT2D eigenvalue weighted by atomic mass is 32.2. The van der Waals surface area contributed by atoms with Gasteiger partial charge in [0.05, 0.1) is 20.3 Å². The van der Waals surface area contributed by atoms with Crippen molar-refractivity contribution in [1.82, 2.24) is 4.72 Å². The third-order valence-corrected chi connectivity index (χ3v) is 5.68. The standard InChI is InChI=1S/C16H25NO6S/c1-21-13-3-4-15(22-2)16(11-13)24(19,20)17-8-5-14(18)12-6-9-23-10-7-12/h3-4,11-12,14,17-18H,5-10H2,1-2H3/t14-/m0/s1. The van der Waals surface area contributed by atoms with Gasteiger partial charge in [0.1, 0.15) is 16.4 Å². The highest BCUT2D eigenvalue weighted by molar-refractivity contribution is 7.89. The van der Waals surface area contributed by atoms with Gasteiger partial charge in [-0.15, -0.1) is 0 Å². The summed E-state index contributed by atoms with van der Waals surface area (Å²) in [7, 11) is -0.872. The molecule has 0 bridgehead atoms. The Balaban J connectivity index is 1.98. The van der Waals surface area contributed by atoms with Crippen LogP contribution in [0.3, 0.4) is 0 Å². The van der Waals surface area contributed by atoms with E-state index in [-0.39, 0.29) is 23.1 Å². The fraction of sp³-hybridized carbons (Fsp3) is 0.625. The molecule has 0 amide bonds. The first-order valence-corrected chi connectivity index (χ1v) is 9.43. The smallest absolute Gasteiger partial charge is 0.244 e. The van der Waals surface area contributed by atoms with E-state index in [1.165, 1.54) is 20.3 Å². The third kappa shape index (κ3) is 4.83. The van der Waals surface area contributed by atoms with Crippen LogP contribution in [0.4, 0.5) is 0 Å². The second kappa shape index (κ2) is 8.66. The van der Waals surface area contributed by atoms with Crippen LogP contribution in [0.5, 0.6) is 11.5 Å². The first kappa shape index (κ1) is 19.0. The molecule has 24 heavy (non-hydrogen) atoms. The molecule has 1 aliphatic heterocycles. The molecule has 7 nitrogen and oxygen atoms in total. The van der Waals surface area contributed by atoms with Gasteiger partial charge in [0.15, 0.2) is 0 Å². The number of aliphatic hydroxyl groups excluding tert-OH is 1. The van der Waals surface area contributed by atoms with Gasteiger partial charge in [-0.05, 0) is 37.3 Å². The Morgan fingerprint density at radius 1 is 1.29 bits per heavy atom. The van der Waals surface area contributed by atoms with E-state index in [0.29, 0.717) is 25.4 Å². The van der Waals surface area contributed by atoms with Crippen LogP contribution in [-0.2, 0) is 14.8 Å². The van der Waals surface area contributed by atoms with E-state index in [4.69, 9.17) is 14.2 Å². The second-order valence-electron chi connectivity index (χ2n) is 5.72. The van der Waals surface area contributed by atoms with E-state index in [1.54, 1.807) is 12.1 Å². The molecule has 1 aromatic rings. The van der Waals surface area contributed by atoms with E-state index in [1.807, 2.05) is 0 Å². The molecule has 1 aliphatic rings. The molecular weight excluding hydrogens is 334 g/mol. The van der Waals surface area contributed by atoms with Gasteiger partial charge in [0, 0.05) is 25.8 Å². The number of nitrogens with one attached hydrogen (secondary N) is 1. The first-order valence-electron chi connectivity index (χ1n) is 7.95. The highest BCUT2D eigenvalue weighted by Gasteiger charge is 2.24. The number of rotatable bonds is 8. The zero-order valence-electron chi connectivity index (χ0n) is 14.0. The molecule has 1 saturated heterocycles. The van der Waals surface area contributed by atoms with Crippen molar-refractivity contribution in [2.75, 3.05) is 34.0 Å². The van der Waals surface area contributed by atoms with Crippen LogP contribution >= 0.6 is 0 Å². The Morgan fingerprint density at radius 2 is 2.00 bits per heavy atom. The van der Waals surface area contributed by atoms with E-state index in [9.17, 15) is 13.5 Å². The topological polar surface area (TPSA) is 94.1 Å². The van der Waals surface area contributed by atoms with Crippen molar-refractivity contribution >= 4 is 10.0 Å². The Bertz CT molecular complexity index is 627. The van der Waals surface area contributed by atoms with Crippen LogP contribution in [0.25, 0.3) is 0 Å². The van der Waals surface area contributed by atoms with Crippen LogP contribution in [0.1, 0.15) is 19.3 Å². The Hall–Kier alpha value is -1.35. The predicted molar refractivity (Wildman–Crippen MR) is 88.9 cm³/mol. The molecule has 2 rings (SSSR count). The molecule has 1 heterocycles. The summed E-state index contributed by atoms with van der Waals surface area (Å²) < 4.78 is 42.9. The van der Waals surface area contributed by atoms with Crippen molar-refractivity contribution < 1.29 is 27.7 Å². The van der Waals surface area contributed by atoms with Crippen molar-refractivity contribution in [3.63, 3.8) is 0 Å². The average Bonchev–Trinajstić information content (AvgIpc) is 2.61. The summed E-state index contributed by atoms with van der Waals surface area (Å²) in [6, 6.07) is 4.59. The van der Waals surface area contributed by atoms with Gasteiger partial charge in [0.25, 0.3) is 0 Å². The van der Waals surface area contributed by atoms with Gasteiger partial charge in [-0.25, -0.2) is 13.1 Å². The third-order valence-electron chi connectivity index (χ3n) is 4.20. The lowest BCUT2D eigenvalue weighted by atomic mass is 9.92. The van der Waals surface area contributed by atoms with Crippen molar-refractivity contribution in [3.05, 3.63) is 18.2 Å². The normalized spacial score (nSPS) is 17.5. The minimum absolute atomic E-state index is 0.0184. The maximum absolute atomic E-state index is 12.5. The summed E-state index contributed by atoms with van der Waals surface area (Å²) in [5, 5.41) is 10.2. The van der Waals surface area contributed by atoms with E-state index >= 15 is 0 Å². The SMILES string of the molecule is COc1ccc(OC)c(S(=O)(=O)NCC[C@H](O)C2CCOCC2)c1. The zero-order valence-corrected chi connectivity index (χ0v) is 14.8. The molecule has 0 saturated carbocycles. The maximum atomic E-state index is 12.5. The summed E-state index contributed by atoms with van der Waals surface area (Å²) in [5.74, 6) is 0.835. The minimum Gasteiger partial charge on any atom is -0.497 e. The zero-order chi connectivity index (χ0) is 17.6. The van der Waals surface area contributed by atoms with Gasteiger partial charge < -0.3 is 19.3 Å². The van der Waals surface area contributed by atoms with Gasteiger partial charge >= 0.3 is 0 Å². The molecule has 136 valence electrons. The number of ether oxygens (including phenoxy) is 3. The lowest BCUT2D eigenvalue weighted by Crippen LogP contribution is -2.32. The summed E-state index contributed by atoms with van der Waals surface area (Å²) in [5.41, 5.74) is 0. The fourth-order valence-electron chi connectivity index (χ4n) is 2.75. The van der Waals surface area contributed by atoms with E-state index in [0.717, 1.165) is 12.8 Å². The quantitative estimate of drug-likeness (QED) is 0.723. The van der Waals surface area contributed by atoms with Gasteiger partial charge in [-0.3, -0.25) is 0 Å². The van der Waals surface area contributed by atoms with Crippen molar-refractivity contribution in [2.24, 2.45) is 5.92 Å². The fourth-order valence-corrected chi connectivity index (χ4v) is 3.98.